The Bertz CT molecular complexity index is 655. The maximum atomic E-state index is 12.0. The van der Waals surface area contributed by atoms with Gasteiger partial charge in [0, 0.05) is 23.3 Å². The molecule has 0 atom stereocenters. The van der Waals surface area contributed by atoms with Crippen LogP contribution in [0.1, 0.15) is 21.6 Å². The van der Waals surface area contributed by atoms with Crippen LogP contribution in [0.25, 0.3) is 0 Å². The molecule has 1 amide bonds. The molecule has 0 unspecified atom stereocenters. The van der Waals surface area contributed by atoms with Crippen LogP contribution in [0.3, 0.4) is 0 Å². The minimum Gasteiger partial charge on any atom is -0.384 e. The van der Waals surface area contributed by atoms with Gasteiger partial charge in [-0.25, -0.2) is 4.98 Å². The molecule has 0 saturated heterocycles. The number of aromatic nitrogens is 2. The Hall–Kier alpha value is -2.23. The van der Waals surface area contributed by atoms with Crippen LogP contribution in [0.2, 0.25) is 0 Å². The third kappa shape index (κ3) is 3.61. The summed E-state index contributed by atoms with van der Waals surface area (Å²) in [5, 5.41) is 13.7. The van der Waals surface area contributed by atoms with Gasteiger partial charge in [0.2, 0.25) is 0 Å². The van der Waals surface area contributed by atoms with E-state index < -0.39 is 0 Å². The van der Waals surface area contributed by atoms with Gasteiger partial charge in [-0.3, -0.25) is 15.1 Å². The van der Waals surface area contributed by atoms with Crippen molar-refractivity contribution in [2.75, 3.05) is 11.9 Å². The quantitative estimate of drug-likeness (QED) is 0.812. The molecule has 0 aliphatic carbocycles. The highest BCUT2D eigenvalue weighted by molar-refractivity contribution is 7.13. The lowest BCUT2D eigenvalue weighted by molar-refractivity contribution is 0.102. The van der Waals surface area contributed by atoms with Crippen molar-refractivity contribution in [3.63, 3.8) is 0 Å². The molecular weight excluding hydrogens is 262 g/mol. The number of anilines is 1. The summed E-state index contributed by atoms with van der Waals surface area (Å²) in [5.74, 6) is 4.93. The Morgan fingerprint density at radius 2 is 2.37 bits per heavy atom. The molecule has 2 aromatic rings. The van der Waals surface area contributed by atoms with Gasteiger partial charge in [0.1, 0.15) is 6.61 Å². The van der Waals surface area contributed by atoms with Gasteiger partial charge in [-0.2, -0.15) is 0 Å². The van der Waals surface area contributed by atoms with E-state index in [0.29, 0.717) is 16.3 Å². The van der Waals surface area contributed by atoms with E-state index in [1.54, 1.807) is 6.07 Å². The molecule has 0 bridgehead atoms. The number of aliphatic hydroxyl groups is 1. The number of carbonyl (C=O) groups excluding carboxylic acids is 1. The first-order chi connectivity index (χ1) is 9.19. The first-order valence-corrected chi connectivity index (χ1v) is 6.35. The number of hydrogen-bond acceptors (Lipinski definition) is 5. The van der Waals surface area contributed by atoms with Crippen molar-refractivity contribution < 1.29 is 9.90 Å². The zero-order valence-electron chi connectivity index (χ0n) is 10.2. The van der Waals surface area contributed by atoms with Crippen LogP contribution in [0.5, 0.6) is 0 Å². The average molecular weight is 273 g/mol. The van der Waals surface area contributed by atoms with Crippen LogP contribution in [-0.2, 0) is 0 Å². The summed E-state index contributed by atoms with van der Waals surface area (Å²) in [6.07, 6.45) is 2.99. The summed E-state index contributed by atoms with van der Waals surface area (Å²) in [6.45, 7) is 1.63. The lowest BCUT2D eigenvalue weighted by Crippen LogP contribution is -2.12. The number of amides is 1. The fraction of sp³-hybridized carbons (Fsp3) is 0.154. The van der Waals surface area contributed by atoms with Crippen LogP contribution in [0.15, 0.2) is 23.8 Å². The standard InChI is InChI=1S/C13H11N3O2S/c1-9-8-19-13(15-9)16-12(18)11-5-10(3-2-4-17)6-14-7-11/h5-8,17H,4H2,1H3,(H,15,16,18). The van der Waals surface area contributed by atoms with E-state index in [2.05, 4.69) is 27.1 Å². The normalized spacial score (nSPS) is 9.58. The molecule has 2 rings (SSSR count). The highest BCUT2D eigenvalue weighted by atomic mass is 32.1. The molecule has 6 heteroatoms. The summed E-state index contributed by atoms with van der Waals surface area (Å²) in [7, 11) is 0. The van der Waals surface area contributed by atoms with Gasteiger partial charge >= 0.3 is 0 Å². The second kappa shape index (κ2) is 6.09. The van der Waals surface area contributed by atoms with Crippen LogP contribution in [-0.4, -0.2) is 27.6 Å². The zero-order valence-corrected chi connectivity index (χ0v) is 11.0. The summed E-state index contributed by atoms with van der Waals surface area (Å²) in [5.41, 5.74) is 1.84. The molecule has 0 aromatic carbocycles. The molecule has 0 saturated carbocycles. The van der Waals surface area contributed by atoms with Gasteiger partial charge in [0.25, 0.3) is 5.91 Å². The molecule has 0 radical (unpaired) electrons. The van der Waals surface area contributed by atoms with E-state index in [9.17, 15) is 4.79 Å². The number of nitrogens with zero attached hydrogens (tertiary/aromatic N) is 2. The topological polar surface area (TPSA) is 75.1 Å². The van der Waals surface area contributed by atoms with E-state index in [-0.39, 0.29) is 12.5 Å². The largest absolute Gasteiger partial charge is 0.384 e. The SMILES string of the molecule is Cc1csc(NC(=O)c2cncc(C#CCO)c2)n1. The molecule has 2 N–H and O–H groups in total. The Kier molecular flexibility index (Phi) is 4.23. The predicted molar refractivity (Wildman–Crippen MR) is 73.0 cm³/mol. The Morgan fingerprint density at radius 3 is 3.05 bits per heavy atom. The number of aryl methyl sites for hydroxylation is 1. The molecule has 2 heterocycles. The smallest absolute Gasteiger partial charge is 0.259 e. The van der Waals surface area contributed by atoms with Crippen LogP contribution in [0.4, 0.5) is 5.13 Å². The van der Waals surface area contributed by atoms with Crippen LogP contribution >= 0.6 is 11.3 Å². The van der Waals surface area contributed by atoms with Crippen molar-refractivity contribution in [1.82, 2.24) is 9.97 Å². The molecule has 19 heavy (non-hydrogen) atoms. The maximum Gasteiger partial charge on any atom is 0.259 e. The van der Waals surface area contributed by atoms with Gasteiger partial charge < -0.3 is 5.11 Å². The molecule has 5 nitrogen and oxygen atoms in total. The second-order valence-electron chi connectivity index (χ2n) is 3.67. The van der Waals surface area contributed by atoms with Crippen molar-refractivity contribution in [2.24, 2.45) is 0 Å². The van der Waals surface area contributed by atoms with Gasteiger partial charge in [-0.15, -0.1) is 11.3 Å². The summed E-state index contributed by atoms with van der Waals surface area (Å²) in [6, 6.07) is 1.62. The van der Waals surface area contributed by atoms with E-state index in [1.165, 1.54) is 23.7 Å². The summed E-state index contributed by atoms with van der Waals surface area (Å²) < 4.78 is 0. The molecule has 0 fully saturated rings. The van der Waals surface area contributed by atoms with Crippen molar-refractivity contribution >= 4 is 22.4 Å². The number of nitrogens with one attached hydrogen (secondary N) is 1. The molecule has 0 spiro atoms. The van der Waals surface area contributed by atoms with Crippen molar-refractivity contribution in [2.45, 2.75) is 6.92 Å². The van der Waals surface area contributed by atoms with E-state index >= 15 is 0 Å². The number of carbonyl (C=O) groups is 1. The van der Waals surface area contributed by atoms with Gasteiger partial charge in [0.05, 0.1) is 11.3 Å². The van der Waals surface area contributed by atoms with Crippen molar-refractivity contribution in [3.8, 4) is 11.8 Å². The number of pyridine rings is 1. The zero-order chi connectivity index (χ0) is 13.7. The Morgan fingerprint density at radius 1 is 1.53 bits per heavy atom. The van der Waals surface area contributed by atoms with Crippen LogP contribution in [0, 0.1) is 18.8 Å². The number of hydrogen-bond donors (Lipinski definition) is 2. The molecule has 0 aliphatic rings. The first-order valence-electron chi connectivity index (χ1n) is 5.47. The molecule has 0 aliphatic heterocycles. The minimum atomic E-state index is -0.283. The van der Waals surface area contributed by atoms with Crippen LogP contribution < -0.4 is 5.32 Å². The lowest BCUT2D eigenvalue weighted by Gasteiger charge is -2.01. The molecular formula is C13H11N3O2S. The van der Waals surface area contributed by atoms with E-state index in [1.807, 2.05) is 12.3 Å². The maximum absolute atomic E-state index is 12.0. The number of thiazole rings is 1. The van der Waals surface area contributed by atoms with Gasteiger partial charge in [-0.05, 0) is 13.0 Å². The molecule has 96 valence electrons. The van der Waals surface area contributed by atoms with Gasteiger partial charge in [0.15, 0.2) is 5.13 Å². The van der Waals surface area contributed by atoms with E-state index in [4.69, 9.17) is 5.11 Å². The number of aliphatic hydroxyl groups excluding tert-OH is 1. The lowest BCUT2D eigenvalue weighted by atomic mass is 10.2. The third-order valence-electron chi connectivity index (χ3n) is 2.15. The Balaban J connectivity index is 2.15. The van der Waals surface area contributed by atoms with Gasteiger partial charge in [-0.1, -0.05) is 11.8 Å². The number of rotatable bonds is 2. The average Bonchev–Trinajstić information content (AvgIpc) is 2.82. The van der Waals surface area contributed by atoms with Crippen molar-refractivity contribution in [1.29, 1.82) is 0 Å². The highest BCUT2D eigenvalue weighted by Gasteiger charge is 2.09. The first kappa shape index (κ1) is 13.2. The monoisotopic (exact) mass is 273 g/mol. The predicted octanol–water partition coefficient (Wildman–Crippen LogP) is 1.44. The Labute approximate surface area is 114 Å². The molecule has 2 aromatic heterocycles. The highest BCUT2D eigenvalue weighted by Crippen LogP contribution is 2.15. The second-order valence-corrected chi connectivity index (χ2v) is 4.53. The summed E-state index contributed by atoms with van der Waals surface area (Å²) >= 11 is 1.37. The van der Waals surface area contributed by atoms with Crippen molar-refractivity contribution in [3.05, 3.63) is 40.7 Å². The fourth-order valence-corrected chi connectivity index (χ4v) is 2.04. The van der Waals surface area contributed by atoms with E-state index in [0.717, 1.165) is 5.69 Å². The minimum absolute atomic E-state index is 0.227. The third-order valence-corrected chi connectivity index (χ3v) is 3.03. The fourth-order valence-electron chi connectivity index (χ4n) is 1.35. The summed E-state index contributed by atoms with van der Waals surface area (Å²) in [4.78, 5) is 20.1.